The van der Waals surface area contributed by atoms with Crippen molar-refractivity contribution in [3.05, 3.63) is 89.0 Å². The maximum absolute atomic E-state index is 13.4. The van der Waals surface area contributed by atoms with Gasteiger partial charge in [-0.3, -0.25) is 4.90 Å². The minimum Gasteiger partial charge on any atom is -0.487 e. The molecule has 198 valence electrons. The summed E-state index contributed by atoms with van der Waals surface area (Å²) in [6, 6.07) is 19.7. The molecule has 0 amide bonds. The van der Waals surface area contributed by atoms with E-state index in [1.54, 1.807) is 30.5 Å². The van der Waals surface area contributed by atoms with Crippen molar-refractivity contribution in [2.45, 2.75) is 25.5 Å². The van der Waals surface area contributed by atoms with Crippen molar-refractivity contribution in [1.29, 1.82) is 5.26 Å². The second-order valence-electron chi connectivity index (χ2n) is 9.14. The number of fused-ring (bicyclic) bond motifs is 1. The Balaban J connectivity index is 1.24. The van der Waals surface area contributed by atoms with Crippen molar-refractivity contribution in [2.24, 2.45) is 5.16 Å². The van der Waals surface area contributed by atoms with E-state index in [1.165, 1.54) is 18.5 Å². The first-order valence-corrected chi connectivity index (χ1v) is 12.9. The lowest BCUT2D eigenvalue weighted by molar-refractivity contribution is 0.0884. The molecule has 1 atom stereocenters. The first kappa shape index (κ1) is 26.4. The summed E-state index contributed by atoms with van der Waals surface area (Å²) < 4.78 is 19.2. The monoisotopic (exact) mass is 544 g/mol. The van der Waals surface area contributed by atoms with Gasteiger partial charge >= 0.3 is 0 Å². The number of nitriles is 1. The predicted octanol–water partition coefficient (Wildman–Crippen LogP) is 6.08. The first-order chi connectivity index (χ1) is 19.1. The number of hydrogen-bond donors (Lipinski definition) is 1. The number of ether oxygens (including phenoxy) is 1. The second kappa shape index (κ2) is 12.5. The van der Waals surface area contributed by atoms with Crippen molar-refractivity contribution in [1.82, 2.24) is 14.9 Å². The van der Waals surface area contributed by atoms with Crippen molar-refractivity contribution >= 4 is 40.2 Å². The number of benzene rings is 3. The summed E-state index contributed by atoms with van der Waals surface area (Å²) in [5, 5.41) is 17.6. The molecule has 1 aromatic heterocycles. The van der Waals surface area contributed by atoms with Crippen LogP contribution < -0.4 is 10.1 Å². The average Bonchev–Trinajstić information content (AvgIpc) is 3.38. The summed E-state index contributed by atoms with van der Waals surface area (Å²) in [5.41, 5.74) is 3.04. The van der Waals surface area contributed by atoms with Gasteiger partial charge in [0, 0.05) is 17.1 Å². The fraction of sp³-hybridized carbons (Fsp3) is 0.241. The average molecular weight is 545 g/mol. The summed E-state index contributed by atoms with van der Waals surface area (Å²) in [4.78, 5) is 16.4. The van der Waals surface area contributed by atoms with Gasteiger partial charge in [-0.05, 0) is 73.0 Å². The molecule has 1 aliphatic rings. The van der Waals surface area contributed by atoms with Crippen LogP contribution in [0, 0.1) is 17.1 Å². The van der Waals surface area contributed by atoms with E-state index in [0.717, 1.165) is 41.5 Å². The van der Waals surface area contributed by atoms with E-state index in [1.807, 2.05) is 24.3 Å². The highest BCUT2D eigenvalue weighted by molar-refractivity contribution is 6.32. The molecule has 1 saturated heterocycles. The maximum atomic E-state index is 13.4. The normalized spacial score (nSPS) is 15.5. The van der Waals surface area contributed by atoms with Gasteiger partial charge in [-0.1, -0.05) is 35.0 Å². The van der Waals surface area contributed by atoms with Crippen LogP contribution in [0.3, 0.4) is 0 Å². The molecule has 0 radical (unpaired) electrons. The molecule has 0 aliphatic carbocycles. The van der Waals surface area contributed by atoms with E-state index in [0.29, 0.717) is 35.3 Å². The Hall–Kier alpha value is -4.26. The number of rotatable bonds is 10. The second-order valence-corrected chi connectivity index (χ2v) is 9.55. The van der Waals surface area contributed by atoms with E-state index in [9.17, 15) is 4.39 Å². The van der Waals surface area contributed by atoms with Crippen molar-refractivity contribution in [3.8, 4) is 11.8 Å². The number of oxime groups is 1. The molecule has 3 aromatic carbocycles. The molecule has 4 aromatic rings. The zero-order valence-electron chi connectivity index (χ0n) is 21.1. The molecule has 0 bridgehead atoms. The molecule has 2 heterocycles. The highest BCUT2D eigenvalue weighted by Gasteiger charge is 2.24. The van der Waals surface area contributed by atoms with Gasteiger partial charge in [0.15, 0.2) is 0 Å². The molecular formula is C29H26ClFN6O2. The Kier molecular flexibility index (Phi) is 8.46. The molecule has 1 fully saturated rings. The number of nitrogens with one attached hydrogen (secondary N) is 1. The Morgan fingerprint density at radius 1 is 1.18 bits per heavy atom. The van der Waals surface area contributed by atoms with E-state index in [4.69, 9.17) is 26.4 Å². The quantitative estimate of drug-likeness (QED) is 0.147. The number of halogens is 2. The standard InChI is InChI=1S/C29H26ClFN6O2/c30-26-15-23(7-9-28(26)38-17-21-3-1-4-22(31)13-21)36-29-25-14-20(6-8-27(25)33-19-34-29)16-35-39-18-24-5-2-11-37(24)12-10-32/h1,3-4,6-9,13-16,19,24H,2,5,11-12,17-18H2,(H,33,34,36)/b35-16+. The van der Waals surface area contributed by atoms with Crippen LogP contribution in [0.4, 0.5) is 15.9 Å². The molecule has 8 nitrogen and oxygen atoms in total. The van der Waals surface area contributed by atoms with Gasteiger partial charge in [-0.25, -0.2) is 14.4 Å². The van der Waals surface area contributed by atoms with Crippen LogP contribution in [-0.2, 0) is 11.4 Å². The van der Waals surface area contributed by atoms with Crippen LogP contribution in [0.1, 0.15) is 24.0 Å². The van der Waals surface area contributed by atoms with Crippen molar-refractivity contribution in [3.63, 3.8) is 0 Å². The third-order valence-electron chi connectivity index (χ3n) is 6.45. The van der Waals surface area contributed by atoms with Crippen LogP contribution in [0.5, 0.6) is 5.75 Å². The zero-order valence-corrected chi connectivity index (χ0v) is 21.8. The molecule has 5 rings (SSSR count). The minimum atomic E-state index is -0.312. The largest absolute Gasteiger partial charge is 0.487 e. The van der Waals surface area contributed by atoms with E-state index >= 15 is 0 Å². The van der Waals surface area contributed by atoms with Gasteiger partial charge in [-0.15, -0.1) is 0 Å². The number of nitrogens with zero attached hydrogens (tertiary/aromatic N) is 5. The maximum Gasteiger partial charge on any atom is 0.141 e. The van der Waals surface area contributed by atoms with Crippen LogP contribution >= 0.6 is 11.6 Å². The van der Waals surface area contributed by atoms with Crippen LogP contribution in [0.15, 0.2) is 72.1 Å². The molecule has 1 aliphatic heterocycles. The lowest BCUT2D eigenvalue weighted by Crippen LogP contribution is -2.32. The van der Waals surface area contributed by atoms with E-state index < -0.39 is 0 Å². The topological polar surface area (TPSA) is 95.7 Å². The first-order valence-electron chi connectivity index (χ1n) is 12.5. The Morgan fingerprint density at radius 2 is 2.10 bits per heavy atom. The summed E-state index contributed by atoms with van der Waals surface area (Å²) >= 11 is 6.46. The van der Waals surface area contributed by atoms with Gasteiger partial charge in [0.2, 0.25) is 0 Å². The minimum absolute atomic E-state index is 0.202. The molecule has 0 spiro atoms. The molecule has 10 heteroatoms. The summed E-state index contributed by atoms with van der Waals surface area (Å²) in [6.07, 6.45) is 5.22. The fourth-order valence-electron chi connectivity index (χ4n) is 4.48. The Morgan fingerprint density at radius 3 is 2.95 bits per heavy atom. The number of aromatic nitrogens is 2. The van der Waals surface area contributed by atoms with Gasteiger partial charge in [-0.2, -0.15) is 5.26 Å². The highest BCUT2D eigenvalue weighted by atomic mass is 35.5. The molecular weight excluding hydrogens is 519 g/mol. The van der Waals surface area contributed by atoms with Gasteiger partial charge < -0.3 is 14.9 Å². The van der Waals surface area contributed by atoms with Gasteiger partial charge in [0.1, 0.15) is 36.9 Å². The summed E-state index contributed by atoms with van der Waals surface area (Å²) in [6.45, 7) is 1.98. The zero-order chi connectivity index (χ0) is 27.0. The lowest BCUT2D eigenvalue weighted by Gasteiger charge is -2.19. The molecule has 0 saturated carbocycles. The SMILES string of the molecule is N#CCN1CCCC1CO/N=C/c1ccc2ncnc(Nc3ccc(OCc4cccc(F)c4)c(Cl)c3)c2c1. The highest BCUT2D eigenvalue weighted by Crippen LogP contribution is 2.31. The predicted molar refractivity (Wildman–Crippen MR) is 149 cm³/mol. The third kappa shape index (κ3) is 6.79. The van der Waals surface area contributed by atoms with Gasteiger partial charge in [0.05, 0.1) is 29.4 Å². The molecule has 39 heavy (non-hydrogen) atoms. The number of anilines is 2. The number of hydrogen-bond acceptors (Lipinski definition) is 8. The summed E-state index contributed by atoms with van der Waals surface area (Å²) in [5.74, 6) is 0.790. The molecule has 1 unspecified atom stereocenters. The van der Waals surface area contributed by atoms with Crippen LogP contribution in [-0.4, -0.2) is 46.8 Å². The Labute approximate surface area is 230 Å². The summed E-state index contributed by atoms with van der Waals surface area (Å²) in [7, 11) is 0. The third-order valence-corrected chi connectivity index (χ3v) is 6.75. The van der Waals surface area contributed by atoms with Gasteiger partial charge in [0.25, 0.3) is 0 Å². The smallest absolute Gasteiger partial charge is 0.141 e. The number of likely N-dealkylation sites (tertiary alicyclic amines) is 1. The van der Waals surface area contributed by atoms with Crippen LogP contribution in [0.2, 0.25) is 5.02 Å². The van der Waals surface area contributed by atoms with Crippen molar-refractivity contribution in [2.75, 3.05) is 25.0 Å². The van der Waals surface area contributed by atoms with Crippen LogP contribution in [0.25, 0.3) is 10.9 Å². The lowest BCUT2D eigenvalue weighted by atomic mass is 10.1. The van der Waals surface area contributed by atoms with E-state index in [2.05, 4.69) is 31.4 Å². The van der Waals surface area contributed by atoms with E-state index in [-0.39, 0.29) is 18.5 Å². The fourth-order valence-corrected chi connectivity index (χ4v) is 4.72. The van der Waals surface area contributed by atoms with Crippen molar-refractivity contribution < 1.29 is 14.0 Å². The molecule has 1 N–H and O–H groups in total. The Bertz CT molecular complexity index is 1530.